The van der Waals surface area contributed by atoms with Gasteiger partial charge in [-0.25, -0.2) is 14.6 Å². The molecule has 2 heterocycles. The van der Waals surface area contributed by atoms with Crippen LogP contribution in [0.4, 0.5) is 30.7 Å². The van der Waals surface area contributed by atoms with Crippen molar-refractivity contribution in [2.24, 2.45) is 0 Å². The predicted octanol–water partition coefficient (Wildman–Crippen LogP) is 2.23. The standard InChI is InChI=1S/C9H11FN2O.2C2HF3O2/c10-9-8(2-1-4-12-9)13-6-7-3-5-11-7;2*3-2(4,5)1(6)7/h1-2,4,7,11H,3,5-6H2;2*(H,6,7)/t7-;;/m0../s1. The van der Waals surface area contributed by atoms with E-state index in [0.717, 1.165) is 13.0 Å². The van der Waals surface area contributed by atoms with E-state index in [-0.39, 0.29) is 5.75 Å². The summed E-state index contributed by atoms with van der Waals surface area (Å²) in [4.78, 5) is 21.3. The molecule has 1 aromatic rings. The second kappa shape index (κ2) is 10.5. The lowest BCUT2D eigenvalue weighted by molar-refractivity contribution is -0.193. The third-order valence-electron chi connectivity index (χ3n) is 2.58. The van der Waals surface area contributed by atoms with Crippen molar-refractivity contribution in [1.82, 2.24) is 10.3 Å². The number of halogens is 7. The molecule has 0 radical (unpaired) electrons. The Kier molecular flexibility index (Phi) is 9.47. The SMILES string of the molecule is Fc1ncccc1OC[C@@H]1CCN1.O=C(O)C(F)(F)F.O=C(O)C(F)(F)F. The molecule has 0 unspecified atom stereocenters. The number of pyridine rings is 1. The molecule has 1 aromatic heterocycles. The number of ether oxygens (including phenoxy) is 1. The lowest BCUT2D eigenvalue weighted by Gasteiger charge is -2.27. The molecule has 14 heteroatoms. The topological polar surface area (TPSA) is 109 Å². The number of aliphatic carboxylic acids is 2. The maximum atomic E-state index is 12.9. The summed E-state index contributed by atoms with van der Waals surface area (Å²) in [6.45, 7) is 1.55. The Labute approximate surface area is 146 Å². The maximum Gasteiger partial charge on any atom is 0.490 e. The Hall–Kier alpha value is -2.64. The summed E-state index contributed by atoms with van der Waals surface area (Å²) < 4.78 is 81.6. The Morgan fingerprint density at radius 3 is 1.89 bits per heavy atom. The van der Waals surface area contributed by atoms with Gasteiger partial charge in [0, 0.05) is 12.2 Å². The predicted molar refractivity (Wildman–Crippen MR) is 73.5 cm³/mol. The number of alkyl halides is 6. The number of nitrogens with zero attached hydrogens (tertiary/aromatic N) is 1. The van der Waals surface area contributed by atoms with E-state index in [9.17, 15) is 30.7 Å². The van der Waals surface area contributed by atoms with E-state index in [4.69, 9.17) is 24.5 Å². The molecule has 1 aliphatic heterocycles. The molecule has 0 amide bonds. The number of nitrogens with one attached hydrogen (secondary N) is 1. The molecule has 7 nitrogen and oxygen atoms in total. The number of carboxylic acids is 2. The quantitative estimate of drug-likeness (QED) is 0.518. The first-order valence-corrected chi connectivity index (χ1v) is 6.82. The summed E-state index contributed by atoms with van der Waals surface area (Å²) in [5.74, 6) is -5.82. The number of rotatable bonds is 3. The molecule has 3 N–H and O–H groups in total. The lowest BCUT2D eigenvalue weighted by Crippen LogP contribution is -2.46. The first-order chi connectivity index (χ1) is 12.2. The number of carboxylic acid groups (broad SMARTS) is 2. The van der Waals surface area contributed by atoms with Gasteiger partial charge in [-0.05, 0) is 25.1 Å². The first kappa shape index (κ1) is 24.4. The van der Waals surface area contributed by atoms with Crippen LogP contribution in [0.25, 0.3) is 0 Å². The van der Waals surface area contributed by atoms with Crippen LogP contribution in [0.15, 0.2) is 18.3 Å². The fourth-order valence-electron chi connectivity index (χ4n) is 1.16. The molecular weight excluding hydrogens is 397 g/mol. The van der Waals surface area contributed by atoms with E-state index in [1.165, 1.54) is 6.20 Å². The highest BCUT2D eigenvalue weighted by molar-refractivity contribution is 5.73. The second-order valence-electron chi connectivity index (χ2n) is 4.65. The van der Waals surface area contributed by atoms with Crippen molar-refractivity contribution in [3.63, 3.8) is 0 Å². The van der Waals surface area contributed by atoms with Crippen molar-refractivity contribution in [2.75, 3.05) is 13.2 Å². The minimum Gasteiger partial charge on any atom is -0.487 e. The van der Waals surface area contributed by atoms with Crippen LogP contribution in [0.2, 0.25) is 0 Å². The summed E-state index contributed by atoms with van der Waals surface area (Å²) in [6.07, 6.45) is -7.66. The van der Waals surface area contributed by atoms with E-state index < -0.39 is 30.2 Å². The third kappa shape index (κ3) is 10.8. The van der Waals surface area contributed by atoms with Crippen molar-refractivity contribution in [1.29, 1.82) is 0 Å². The molecule has 0 saturated carbocycles. The zero-order valence-corrected chi connectivity index (χ0v) is 13.1. The fourth-order valence-corrected chi connectivity index (χ4v) is 1.16. The summed E-state index contributed by atoms with van der Waals surface area (Å²) in [6, 6.07) is 3.62. The minimum absolute atomic E-state index is 0.233. The summed E-state index contributed by atoms with van der Waals surface area (Å²) in [5.41, 5.74) is 0. The van der Waals surface area contributed by atoms with Gasteiger partial charge in [-0.3, -0.25) is 0 Å². The first-order valence-electron chi connectivity index (χ1n) is 6.82. The average Bonchev–Trinajstić information content (AvgIpc) is 2.47. The molecule has 0 aromatic carbocycles. The molecule has 0 aliphatic carbocycles. The van der Waals surface area contributed by atoms with Crippen molar-refractivity contribution in [3.8, 4) is 5.75 Å². The molecule has 1 saturated heterocycles. The molecule has 0 bridgehead atoms. The zero-order valence-electron chi connectivity index (χ0n) is 13.1. The van der Waals surface area contributed by atoms with Gasteiger partial charge in [-0.1, -0.05) is 0 Å². The average molecular weight is 410 g/mol. The Morgan fingerprint density at radius 2 is 1.59 bits per heavy atom. The molecule has 2 rings (SSSR count). The minimum atomic E-state index is -5.08. The van der Waals surface area contributed by atoms with Gasteiger partial charge >= 0.3 is 24.3 Å². The number of carbonyl (C=O) groups is 2. The highest BCUT2D eigenvalue weighted by Gasteiger charge is 2.38. The molecule has 154 valence electrons. The van der Waals surface area contributed by atoms with Gasteiger partial charge in [0.1, 0.15) is 6.61 Å². The van der Waals surface area contributed by atoms with Crippen LogP contribution < -0.4 is 10.1 Å². The second-order valence-corrected chi connectivity index (χ2v) is 4.65. The van der Waals surface area contributed by atoms with Crippen LogP contribution in [0.3, 0.4) is 0 Å². The highest BCUT2D eigenvalue weighted by Crippen LogP contribution is 2.15. The number of hydrogen-bond donors (Lipinski definition) is 3. The van der Waals surface area contributed by atoms with Crippen LogP contribution in [0.5, 0.6) is 5.75 Å². The maximum absolute atomic E-state index is 12.9. The summed E-state index contributed by atoms with van der Waals surface area (Å²) in [7, 11) is 0. The van der Waals surface area contributed by atoms with Crippen molar-refractivity contribution in [3.05, 3.63) is 24.3 Å². The largest absolute Gasteiger partial charge is 0.490 e. The number of aromatic nitrogens is 1. The Bertz CT molecular complexity index is 594. The van der Waals surface area contributed by atoms with E-state index in [0.29, 0.717) is 12.6 Å². The lowest BCUT2D eigenvalue weighted by atomic mass is 10.1. The van der Waals surface area contributed by atoms with Crippen LogP contribution in [-0.4, -0.2) is 58.7 Å². The smallest absolute Gasteiger partial charge is 0.487 e. The summed E-state index contributed by atoms with van der Waals surface area (Å²) in [5, 5.41) is 17.4. The van der Waals surface area contributed by atoms with E-state index >= 15 is 0 Å². The third-order valence-corrected chi connectivity index (χ3v) is 2.58. The van der Waals surface area contributed by atoms with Gasteiger partial charge in [-0.2, -0.15) is 30.7 Å². The van der Waals surface area contributed by atoms with Gasteiger partial charge in [0.15, 0.2) is 5.75 Å². The van der Waals surface area contributed by atoms with Gasteiger partial charge in [0.2, 0.25) is 0 Å². The van der Waals surface area contributed by atoms with Gasteiger partial charge in [0.05, 0.1) is 0 Å². The molecule has 27 heavy (non-hydrogen) atoms. The fraction of sp³-hybridized carbons (Fsp3) is 0.462. The van der Waals surface area contributed by atoms with E-state index in [1.54, 1.807) is 12.1 Å². The monoisotopic (exact) mass is 410 g/mol. The normalized spacial score (nSPS) is 15.9. The van der Waals surface area contributed by atoms with Crippen LogP contribution in [-0.2, 0) is 9.59 Å². The molecule has 1 fully saturated rings. The molecule has 1 aliphatic rings. The highest BCUT2D eigenvalue weighted by atomic mass is 19.4. The molecular formula is C13H13F7N2O5. The molecule has 0 spiro atoms. The van der Waals surface area contributed by atoms with Gasteiger partial charge in [0.25, 0.3) is 5.95 Å². The van der Waals surface area contributed by atoms with Gasteiger partial charge < -0.3 is 20.3 Å². The Balaban J connectivity index is 0.000000416. The summed E-state index contributed by atoms with van der Waals surface area (Å²) >= 11 is 0. The Morgan fingerprint density at radius 1 is 1.15 bits per heavy atom. The van der Waals surface area contributed by atoms with E-state index in [1.807, 2.05) is 0 Å². The van der Waals surface area contributed by atoms with Crippen LogP contribution in [0.1, 0.15) is 6.42 Å². The molecule has 1 atom stereocenters. The van der Waals surface area contributed by atoms with Crippen molar-refractivity contribution in [2.45, 2.75) is 24.8 Å². The van der Waals surface area contributed by atoms with Crippen molar-refractivity contribution >= 4 is 11.9 Å². The number of hydrogen-bond acceptors (Lipinski definition) is 5. The van der Waals surface area contributed by atoms with E-state index in [2.05, 4.69) is 10.3 Å². The zero-order chi connectivity index (χ0) is 21.3. The van der Waals surface area contributed by atoms with Gasteiger partial charge in [-0.15, -0.1) is 0 Å². The van der Waals surface area contributed by atoms with Crippen LogP contribution >= 0.6 is 0 Å². The van der Waals surface area contributed by atoms with Crippen molar-refractivity contribution < 1.29 is 55.3 Å². The van der Waals surface area contributed by atoms with Crippen LogP contribution in [0, 0.1) is 5.95 Å².